The third kappa shape index (κ3) is 5.99. The van der Waals surface area contributed by atoms with Gasteiger partial charge < -0.3 is 15.2 Å². The number of rotatable bonds is 7. The lowest BCUT2D eigenvalue weighted by Crippen LogP contribution is -2.30. The van der Waals surface area contributed by atoms with E-state index in [9.17, 15) is 5.11 Å². The van der Waals surface area contributed by atoms with Crippen molar-refractivity contribution in [1.82, 2.24) is 5.32 Å². The zero-order valence-electron chi connectivity index (χ0n) is 18.6. The molecule has 2 N–H and O–H groups in total. The normalized spacial score (nSPS) is 20.0. The lowest BCUT2D eigenvalue weighted by molar-refractivity contribution is 0.0883. The Bertz CT molecular complexity index is 842. The van der Waals surface area contributed by atoms with Gasteiger partial charge in [-0.2, -0.15) is 0 Å². The molecule has 29 heavy (non-hydrogen) atoms. The molecule has 2 aromatic carbocycles. The van der Waals surface area contributed by atoms with Gasteiger partial charge in [-0.05, 0) is 84.0 Å². The van der Waals surface area contributed by atoms with E-state index in [-0.39, 0.29) is 5.76 Å². The third-order valence-electron chi connectivity index (χ3n) is 6.32. The quantitative estimate of drug-likeness (QED) is 0.406. The fraction of sp³-hybridized carbons (Fsp3) is 0.538. The van der Waals surface area contributed by atoms with Crippen molar-refractivity contribution in [1.29, 1.82) is 0 Å². The van der Waals surface area contributed by atoms with Gasteiger partial charge in [0.15, 0.2) is 0 Å². The lowest BCUT2D eigenvalue weighted by Gasteiger charge is -2.37. The molecule has 3 nitrogen and oxygen atoms in total. The summed E-state index contributed by atoms with van der Waals surface area (Å²) in [6.45, 7) is 14.3. The average Bonchev–Trinajstić information content (AvgIpc) is 2.65. The number of hydrogen-bond acceptors (Lipinski definition) is 3. The van der Waals surface area contributed by atoms with Crippen LogP contribution < -0.4 is 10.1 Å². The minimum absolute atomic E-state index is 0.228. The van der Waals surface area contributed by atoms with Crippen LogP contribution in [0.3, 0.4) is 0 Å². The fourth-order valence-corrected chi connectivity index (χ4v) is 4.44. The predicted octanol–water partition coefficient (Wildman–Crippen LogP) is 6.68. The highest BCUT2D eigenvalue weighted by Gasteiger charge is 2.30. The molecule has 0 amide bonds. The molecule has 2 aromatic rings. The third-order valence-corrected chi connectivity index (χ3v) is 6.32. The molecule has 0 saturated heterocycles. The Morgan fingerprint density at radius 1 is 1.14 bits per heavy atom. The average molecular weight is 396 g/mol. The molecule has 1 aliphatic carbocycles. The Hall–Kier alpha value is -2.00. The van der Waals surface area contributed by atoms with Gasteiger partial charge in [0.1, 0.15) is 5.75 Å². The fourth-order valence-electron chi connectivity index (χ4n) is 4.44. The summed E-state index contributed by atoms with van der Waals surface area (Å²) in [5.74, 6) is 2.04. The zero-order chi connectivity index (χ0) is 21.0. The van der Waals surface area contributed by atoms with Crippen molar-refractivity contribution in [3.63, 3.8) is 0 Å². The van der Waals surface area contributed by atoms with Crippen LogP contribution in [-0.2, 0) is 6.54 Å². The number of aryl methyl sites for hydroxylation is 1. The van der Waals surface area contributed by atoms with Crippen LogP contribution in [0.2, 0.25) is 0 Å². The summed E-state index contributed by atoms with van der Waals surface area (Å²) in [6.07, 6.45) is 5.77. The molecule has 3 heteroatoms. The molecule has 0 spiro atoms. The SMILES string of the molecule is C=C(O)CCNCc1ccc2cc(O[C@H]3CC[C@H](C(C)(C)C)CC3)cc(C)c2c1. The van der Waals surface area contributed by atoms with Gasteiger partial charge in [-0.25, -0.2) is 0 Å². The minimum Gasteiger partial charge on any atom is -0.513 e. The van der Waals surface area contributed by atoms with E-state index in [2.05, 4.69) is 69.9 Å². The molecule has 3 rings (SSSR count). The first kappa shape index (κ1) is 21.7. The molecular formula is C26H37NO2. The smallest absolute Gasteiger partial charge is 0.120 e. The van der Waals surface area contributed by atoms with Crippen LogP contribution in [0.15, 0.2) is 42.7 Å². The van der Waals surface area contributed by atoms with Gasteiger partial charge in [0.2, 0.25) is 0 Å². The van der Waals surface area contributed by atoms with Crippen LogP contribution in [0, 0.1) is 18.3 Å². The summed E-state index contributed by atoms with van der Waals surface area (Å²) in [4.78, 5) is 0. The summed E-state index contributed by atoms with van der Waals surface area (Å²) in [5.41, 5.74) is 2.91. The molecule has 158 valence electrons. The molecule has 0 unspecified atom stereocenters. The lowest BCUT2D eigenvalue weighted by atomic mass is 9.72. The van der Waals surface area contributed by atoms with Gasteiger partial charge >= 0.3 is 0 Å². The van der Waals surface area contributed by atoms with Crippen LogP contribution in [-0.4, -0.2) is 17.8 Å². The van der Waals surface area contributed by atoms with Crippen molar-refractivity contribution in [3.05, 3.63) is 53.8 Å². The summed E-state index contributed by atoms with van der Waals surface area (Å²) in [5, 5.41) is 15.0. The Kier molecular flexibility index (Phi) is 6.89. The van der Waals surface area contributed by atoms with Crippen molar-refractivity contribution in [2.75, 3.05) is 6.54 Å². The predicted molar refractivity (Wildman–Crippen MR) is 123 cm³/mol. The van der Waals surface area contributed by atoms with Gasteiger partial charge in [-0.15, -0.1) is 0 Å². The number of benzene rings is 2. The van der Waals surface area contributed by atoms with Gasteiger partial charge in [-0.3, -0.25) is 0 Å². The zero-order valence-corrected chi connectivity index (χ0v) is 18.6. The van der Waals surface area contributed by atoms with Crippen molar-refractivity contribution in [3.8, 4) is 5.75 Å². The molecule has 0 atom stereocenters. The van der Waals surface area contributed by atoms with E-state index < -0.39 is 0 Å². The van der Waals surface area contributed by atoms with E-state index in [1.807, 2.05) is 0 Å². The van der Waals surface area contributed by atoms with Crippen LogP contribution in [0.4, 0.5) is 0 Å². The van der Waals surface area contributed by atoms with E-state index in [0.29, 0.717) is 17.9 Å². The first-order valence-corrected chi connectivity index (χ1v) is 11.0. The van der Waals surface area contributed by atoms with Crippen molar-refractivity contribution < 1.29 is 9.84 Å². The molecule has 1 saturated carbocycles. The number of fused-ring (bicyclic) bond motifs is 1. The number of aliphatic hydroxyl groups is 1. The highest BCUT2D eigenvalue weighted by molar-refractivity contribution is 5.87. The van der Waals surface area contributed by atoms with Gasteiger partial charge in [0.25, 0.3) is 0 Å². The highest BCUT2D eigenvalue weighted by Crippen LogP contribution is 2.39. The molecule has 1 aliphatic rings. The molecule has 0 aliphatic heterocycles. The molecule has 0 radical (unpaired) electrons. The number of aliphatic hydroxyl groups excluding tert-OH is 1. The van der Waals surface area contributed by atoms with Gasteiger partial charge in [0.05, 0.1) is 11.9 Å². The number of nitrogens with one attached hydrogen (secondary N) is 1. The highest BCUT2D eigenvalue weighted by atomic mass is 16.5. The maximum absolute atomic E-state index is 9.17. The first-order chi connectivity index (χ1) is 13.7. The van der Waals surface area contributed by atoms with E-state index in [0.717, 1.165) is 37.6 Å². The topological polar surface area (TPSA) is 41.5 Å². The second kappa shape index (κ2) is 9.21. The Balaban J connectivity index is 1.62. The largest absolute Gasteiger partial charge is 0.513 e. The van der Waals surface area contributed by atoms with Crippen LogP contribution in [0.1, 0.15) is 64.0 Å². The second-order valence-corrected chi connectivity index (χ2v) is 9.75. The van der Waals surface area contributed by atoms with Crippen molar-refractivity contribution >= 4 is 10.8 Å². The van der Waals surface area contributed by atoms with E-state index >= 15 is 0 Å². The summed E-state index contributed by atoms with van der Waals surface area (Å²) < 4.78 is 6.39. The van der Waals surface area contributed by atoms with Crippen LogP contribution in [0.5, 0.6) is 5.75 Å². The summed E-state index contributed by atoms with van der Waals surface area (Å²) >= 11 is 0. The van der Waals surface area contributed by atoms with E-state index in [4.69, 9.17) is 4.74 Å². The molecule has 0 bridgehead atoms. The van der Waals surface area contributed by atoms with Crippen LogP contribution in [0.25, 0.3) is 10.8 Å². The summed E-state index contributed by atoms with van der Waals surface area (Å²) in [7, 11) is 0. The first-order valence-electron chi connectivity index (χ1n) is 11.0. The molecular weight excluding hydrogens is 358 g/mol. The molecule has 1 fully saturated rings. The van der Waals surface area contributed by atoms with Crippen molar-refractivity contribution in [2.45, 2.75) is 72.4 Å². The molecule has 0 aromatic heterocycles. The Labute approximate surface area is 176 Å². The monoisotopic (exact) mass is 395 g/mol. The van der Waals surface area contributed by atoms with E-state index in [1.54, 1.807) is 0 Å². The minimum atomic E-state index is 0.228. The van der Waals surface area contributed by atoms with E-state index in [1.165, 1.54) is 34.7 Å². The number of hydrogen-bond donors (Lipinski definition) is 2. The second-order valence-electron chi connectivity index (χ2n) is 9.75. The maximum Gasteiger partial charge on any atom is 0.120 e. The van der Waals surface area contributed by atoms with Gasteiger partial charge in [0, 0.05) is 19.5 Å². The van der Waals surface area contributed by atoms with Crippen LogP contribution >= 0.6 is 0 Å². The Morgan fingerprint density at radius 3 is 2.52 bits per heavy atom. The Morgan fingerprint density at radius 2 is 1.86 bits per heavy atom. The van der Waals surface area contributed by atoms with Gasteiger partial charge in [-0.1, -0.05) is 39.5 Å². The van der Waals surface area contributed by atoms with Crippen molar-refractivity contribution in [2.24, 2.45) is 11.3 Å². The standard InChI is InChI=1S/C26H37NO2/c1-18-14-24(29-23-10-8-22(9-11-23)26(3,4)5)16-21-7-6-20(15-25(18)21)17-27-13-12-19(2)28/h6-7,14-16,22-23,27-28H,2,8-13,17H2,1,3-5H3/t22-,23-. The molecule has 0 heterocycles. The summed E-state index contributed by atoms with van der Waals surface area (Å²) in [6, 6.07) is 11.0. The maximum atomic E-state index is 9.17. The number of ether oxygens (including phenoxy) is 1.